The molecule has 0 fully saturated rings. The summed E-state index contributed by atoms with van der Waals surface area (Å²) in [6.07, 6.45) is 0.504. The first-order valence-corrected chi connectivity index (χ1v) is 16.1. The highest BCUT2D eigenvalue weighted by Crippen LogP contribution is 2.29. The maximum atomic E-state index is 11.1. The van der Waals surface area contributed by atoms with Crippen molar-refractivity contribution in [1.82, 2.24) is 19.6 Å². The van der Waals surface area contributed by atoms with Crippen LogP contribution in [-0.2, 0) is 35.1 Å². The number of aromatic nitrogens is 4. The van der Waals surface area contributed by atoms with Gasteiger partial charge in [0.25, 0.3) is 0 Å². The van der Waals surface area contributed by atoms with Crippen molar-refractivity contribution in [2.75, 3.05) is 7.11 Å². The van der Waals surface area contributed by atoms with Gasteiger partial charge in [0.1, 0.15) is 11.5 Å². The van der Waals surface area contributed by atoms with Gasteiger partial charge < -0.3 is 9.84 Å². The molecule has 0 saturated heterocycles. The molecule has 0 amide bonds. The molecule has 9 heteroatoms. The Labute approximate surface area is 286 Å². The highest BCUT2D eigenvalue weighted by molar-refractivity contribution is 5.89. The molecule has 48 heavy (non-hydrogen) atoms. The Balaban J connectivity index is 0.000000272. The highest BCUT2D eigenvalue weighted by atomic mass is 16.5. The Bertz CT molecular complexity index is 1770. The van der Waals surface area contributed by atoms with Crippen LogP contribution in [0.3, 0.4) is 0 Å². The monoisotopic (exact) mass is 650 g/mol. The number of benzene rings is 2. The van der Waals surface area contributed by atoms with Crippen LogP contribution in [0.5, 0.6) is 0 Å². The van der Waals surface area contributed by atoms with Crippen LogP contribution in [0.1, 0.15) is 105 Å². The predicted octanol–water partition coefficient (Wildman–Crippen LogP) is 8.86. The van der Waals surface area contributed by atoms with Gasteiger partial charge in [-0.1, -0.05) is 90.1 Å². The van der Waals surface area contributed by atoms with Crippen molar-refractivity contribution >= 4 is 17.4 Å². The maximum absolute atomic E-state index is 11.1. The zero-order chi connectivity index (χ0) is 36.2. The van der Waals surface area contributed by atoms with Crippen LogP contribution >= 0.6 is 0 Å². The zero-order valence-electron chi connectivity index (χ0n) is 30.3. The Kier molecular flexibility index (Phi) is 13.9. The van der Waals surface area contributed by atoms with Gasteiger partial charge >= 0.3 is 5.97 Å². The molecular formula is C39H50N6O3. The quantitative estimate of drug-likeness (QED) is 0.127. The van der Waals surface area contributed by atoms with E-state index < -0.39 is 0 Å². The minimum absolute atomic E-state index is 0.0223. The molecule has 0 aliphatic rings. The molecule has 0 radical (unpaired) electrons. The van der Waals surface area contributed by atoms with E-state index >= 15 is 0 Å². The summed E-state index contributed by atoms with van der Waals surface area (Å²) in [5.74, 6) is -0.358. The Morgan fingerprint density at radius 1 is 0.854 bits per heavy atom. The molecule has 2 heterocycles. The number of nitriles is 1. The average molecular weight is 651 g/mol. The molecular weight excluding hydrogens is 600 g/mol. The normalized spacial score (nSPS) is 11.5. The Hall–Kier alpha value is -5.15. The van der Waals surface area contributed by atoms with Crippen molar-refractivity contribution < 1.29 is 14.6 Å². The topological polar surface area (TPSA) is 110 Å². The summed E-state index contributed by atoms with van der Waals surface area (Å²) in [6, 6.07) is 21.7. The van der Waals surface area contributed by atoms with Crippen LogP contribution < -0.4 is 0 Å². The van der Waals surface area contributed by atoms with Crippen LogP contribution in [0.4, 0.5) is 0 Å². The van der Waals surface area contributed by atoms with Gasteiger partial charge in [0.2, 0.25) is 5.70 Å². The first-order chi connectivity index (χ1) is 22.5. The number of aryl methyl sites for hydroxylation is 4. The third-order valence-electron chi connectivity index (χ3n) is 7.50. The van der Waals surface area contributed by atoms with E-state index in [1.807, 2.05) is 64.1 Å². The lowest BCUT2D eigenvalue weighted by Gasteiger charge is -2.19. The van der Waals surface area contributed by atoms with Crippen LogP contribution in [0.2, 0.25) is 0 Å². The van der Waals surface area contributed by atoms with E-state index in [9.17, 15) is 9.90 Å². The minimum Gasteiger partial charge on any atom is -0.517 e. The van der Waals surface area contributed by atoms with Crippen LogP contribution in [-0.4, -0.2) is 37.7 Å². The molecule has 1 N–H and O–H groups in total. The minimum atomic E-state index is -0.336. The van der Waals surface area contributed by atoms with Gasteiger partial charge in [0, 0.05) is 13.1 Å². The number of methoxy groups -OCH3 is 1. The molecule has 2 aromatic carbocycles. The van der Waals surface area contributed by atoms with Gasteiger partial charge in [0.05, 0.1) is 43.3 Å². The molecule has 0 spiro atoms. The van der Waals surface area contributed by atoms with Gasteiger partial charge in [-0.3, -0.25) is 9.36 Å². The van der Waals surface area contributed by atoms with E-state index in [1.165, 1.54) is 18.2 Å². The number of carbonyl (C=O) groups excluding carboxylic acids is 1. The number of carbonyl (C=O) groups is 1. The van der Waals surface area contributed by atoms with Crippen molar-refractivity contribution in [2.24, 2.45) is 0 Å². The molecule has 0 saturated carbocycles. The Morgan fingerprint density at radius 2 is 1.29 bits per heavy atom. The first-order valence-electron chi connectivity index (χ1n) is 16.1. The molecule has 0 unspecified atom stereocenters. The van der Waals surface area contributed by atoms with Crippen molar-refractivity contribution in [3.05, 3.63) is 117 Å². The fourth-order valence-corrected chi connectivity index (χ4v) is 4.75. The van der Waals surface area contributed by atoms with Crippen molar-refractivity contribution in [1.29, 1.82) is 5.26 Å². The van der Waals surface area contributed by atoms with E-state index in [4.69, 9.17) is 11.8 Å². The number of aliphatic hydroxyl groups is 1. The van der Waals surface area contributed by atoms with E-state index in [2.05, 4.69) is 79.5 Å². The summed E-state index contributed by atoms with van der Waals surface area (Å²) in [7, 11) is 1.37. The zero-order valence-corrected chi connectivity index (χ0v) is 30.3. The fraction of sp³-hybridized carbons (Fsp3) is 0.410. The van der Waals surface area contributed by atoms with E-state index in [0.717, 1.165) is 17.0 Å². The second kappa shape index (κ2) is 17.1. The number of esters is 1. The summed E-state index contributed by atoms with van der Waals surface area (Å²) >= 11 is 0. The number of hydrogen-bond donors (Lipinski definition) is 1. The second-order valence-corrected chi connectivity index (χ2v) is 13.4. The predicted molar refractivity (Wildman–Crippen MR) is 192 cm³/mol. The molecule has 2 aromatic heterocycles. The first kappa shape index (κ1) is 39.0. The summed E-state index contributed by atoms with van der Waals surface area (Å²) in [5.41, 5.74) is 7.56. The molecule has 0 aliphatic carbocycles. The molecule has 0 atom stereocenters. The van der Waals surface area contributed by atoms with Gasteiger partial charge in [-0.05, 0) is 72.9 Å². The summed E-state index contributed by atoms with van der Waals surface area (Å²) < 4.78 is 7.93. The third kappa shape index (κ3) is 10.7. The largest absolute Gasteiger partial charge is 0.517 e. The summed E-state index contributed by atoms with van der Waals surface area (Å²) in [5, 5.41) is 27.5. The number of hydrogen-bond acceptors (Lipinski definition) is 6. The van der Waals surface area contributed by atoms with Gasteiger partial charge in [0.15, 0.2) is 0 Å². The van der Waals surface area contributed by atoms with Crippen LogP contribution in [0.15, 0.2) is 60.7 Å². The number of rotatable bonds is 6. The summed E-state index contributed by atoms with van der Waals surface area (Å²) in [4.78, 5) is 14.7. The SMILES string of the molecule is CC(C)(C)c1ccc(CC#N)cc1.CCn1nc(C)cc1C(=O)OC.[C-]#[N+]C(=C(O)c1cc(C)nn1CC)c1ccc(C(C)(C)C)cc1. The molecule has 254 valence electrons. The molecule has 4 aromatic rings. The van der Waals surface area contributed by atoms with Gasteiger partial charge in [-0.2, -0.15) is 15.5 Å². The number of ether oxygens (including phenoxy) is 1. The molecule has 0 aliphatic heterocycles. The lowest BCUT2D eigenvalue weighted by molar-refractivity contribution is 0.0586. The third-order valence-corrected chi connectivity index (χ3v) is 7.50. The van der Waals surface area contributed by atoms with E-state index in [0.29, 0.717) is 36.5 Å². The standard InChI is InChI=1S/C19H23N3O.C12H15N.C8H12N2O2/c1-7-22-16(12-13(2)21-22)18(23)17(20-6)14-8-10-15(11-9-14)19(3,4)5;1-12(2,3)11-6-4-10(5-7-11)8-9-13;1-4-10-7(8(11)12-3)5-6(2)9-10/h8-12,23H,7H2,1-5H3;4-7H,8H2,1-3H3;5H,4H2,1-3H3. The molecule has 4 rings (SSSR count). The second-order valence-electron chi connectivity index (χ2n) is 13.4. The highest BCUT2D eigenvalue weighted by Gasteiger charge is 2.18. The number of nitrogens with zero attached hydrogens (tertiary/aromatic N) is 6. The number of aliphatic hydroxyl groups excluding tert-OH is 1. The lowest BCUT2D eigenvalue weighted by Crippen LogP contribution is -2.10. The van der Waals surface area contributed by atoms with E-state index in [-0.39, 0.29) is 28.3 Å². The average Bonchev–Trinajstić information content (AvgIpc) is 3.63. The van der Waals surface area contributed by atoms with Gasteiger partial charge in [-0.15, -0.1) is 0 Å². The maximum Gasteiger partial charge on any atom is 0.356 e. The van der Waals surface area contributed by atoms with Crippen molar-refractivity contribution in [3.8, 4) is 6.07 Å². The lowest BCUT2D eigenvalue weighted by atomic mass is 9.86. The van der Waals surface area contributed by atoms with Crippen LogP contribution in [0, 0.1) is 31.8 Å². The molecule has 0 bridgehead atoms. The van der Waals surface area contributed by atoms with Crippen LogP contribution in [0.25, 0.3) is 16.3 Å². The van der Waals surface area contributed by atoms with E-state index in [1.54, 1.807) is 21.5 Å². The fourth-order valence-electron chi connectivity index (χ4n) is 4.75. The summed E-state index contributed by atoms with van der Waals surface area (Å²) in [6.45, 7) is 29.4. The van der Waals surface area contributed by atoms with Gasteiger partial charge in [-0.25, -0.2) is 9.64 Å². The van der Waals surface area contributed by atoms with Crippen molar-refractivity contribution in [3.63, 3.8) is 0 Å². The molecule has 9 nitrogen and oxygen atoms in total. The smallest absolute Gasteiger partial charge is 0.356 e. The Morgan fingerprint density at radius 3 is 1.69 bits per heavy atom. The van der Waals surface area contributed by atoms with Crippen molar-refractivity contribution in [2.45, 2.75) is 99.6 Å².